The molecule has 0 aliphatic rings. The smallest absolute Gasteiger partial charge is 0.144 e. The first kappa shape index (κ1) is 13.4. The van der Waals surface area contributed by atoms with Gasteiger partial charge in [0.1, 0.15) is 17.7 Å². The van der Waals surface area contributed by atoms with Crippen LogP contribution in [0.15, 0.2) is 41.3 Å². The number of nitrogen functional groups attached to an aromatic ring is 1. The predicted octanol–water partition coefficient (Wildman–Crippen LogP) is 3.71. The minimum Gasteiger partial charge on any atom is -0.398 e. The highest BCUT2D eigenvalue weighted by atomic mass is 32.2. The molecule has 2 aromatic carbocycles. The van der Waals surface area contributed by atoms with Crippen LogP contribution in [0.1, 0.15) is 11.1 Å². The molecule has 5 heteroatoms. The molecule has 0 heterocycles. The highest BCUT2D eigenvalue weighted by molar-refractivity contribution is 7.98. The van der Waals surface area contributed by atoms with Crippen LogP contribution in [-0.2, 0) is 5.75 Å². The Kier molecular flexibility index (Phi) is 4.03. The Labute approximate surface area is 113 Å². The minimum absolute atomic E-state index is 0.0187. The van der Waals surface area contributed by atoms with Crippen molar-refractivity contribution in [1.29, 1.82) is 5.26 Å². The molecule has 0 radical (unpaired) electrons. The maximum Gasteiger partial charge on any atom is 0.144 e. The van der Waals surface area contributed by atoms with Gasteiger partial charge in [-0.3, -0.25) is 0 Å². The van der Waals surface area contributed by atoms with Gasteiger partial charge in [-0.1, -0.05) is 12.1 Å². The SMILES string of the molecule is N#Cc1cccc(CSc2ccc(F)cc2N)c1F. The van der Waals surface area contributed by atoms with E-state index in [0.717, 1.165) is 0 Å². The molecule has 2 rings (SSSR count). The third-order valence-corrected chi connectivity index (χ3v) is 3.69. The van der Waals surface area contributed by atoms with Gasteiger partial charge in [0.2, 0.25) is 0 Å². The number of anilines is 1. The first-order valence-electron chi connectivity index (χ1n) is 5.47. The van der Waals surface area contributed by atoms with Gasteiger partial charge in [0.05, 0.1) is 5.56 Å². The molecule has 2 N–H and O–H groups in total. The quantitative estimate of drug-likeness (QED) is 0.686. The molecule has 2 aromatic rings. The van der Waals surface area contributed by atoms with Gasteiger partial charge in [0, 0.05) is 16.3 Å². The van der Waals surface area contributed by atoms with E-state index in [1.165, 1.54) is 30.0 Å². The molecule has 0 aliphatic heterocycles. The third kappa shape index (κ3) is 3.04. The second-order valence-electron chi connectivity index (χ2n) is 3.86. The van der Waals surface area contributed by atoms with Crippen molar-refractivity contribution in [3.8, 4) is 6.07 Å². The summed E-state index contributed by atoms with van der Waals surface area (Å²) in [5, 5.41) is 8.74. The van der Waals surface area contributed by atoms with Crippen LogP contribution < -0.4 is 5.73 Å². The van der Waals surface area contributed by atoms with Crippen molar-refractivity contribution in [2.75, 3.05) is 5.73 Å². The fourth-order valence-electron chi connectivity index (χ4n) is 1.58. The molecule has 0 spiro atoms. The van der Waals surface area contributed by atoms with Crippen molar-refractivity contribution < 1.29 is 8.78 Å². The summed E-state index contributed by atoms with van der Waals surface area (Å²) in [6.45, 7) is 0. The molecule has 0 amide bonds. The number of nitrogens with two attached hydrogens (primary N) is 1. The van der Waals surface area contributed by atoms with Gasteiger partial charge in [-0.15, -0.1) is 11.8 Å². The Morgan fingerprint density at radius 1 is 1.21 bits per heavy atom. The number of halogens is 2. The topological polar surface area (TPSA) is 49.8 Å². The normalized spacial score (nSPS) is 10.2. The Morgan fingerprint density at radius 3 is 2.68 bits per heavy atom. The van der Waals surface area contributed by atoms with Gasteiger partial charge < -0.3 is 5.73 Å². The number of hydrogen-bond acceptors (Lipinski definition) is 3. The molecule has 0 unspecified atom stereocenters. The lowest BCUT2D eigenvalue weighted by atomic mass is 10.1. The number of nitrogens with zero attached hydrogens (tertiary/aromatic N) is 1. The summed E-state index contributed by atoms with van der Waals surface area (Å²) in [6.07, 6.45) is 0. The molecule has 2 nitrogen and oxygen atoms in total. The molecule has 0 aliphatic carbocycles. The standard InChI is InChI=1S/C14H10F2N2S/c15-11-4-5-13(12(18)6-11)19-8-10-3-1-2-9(7-17)14(10)16/h1-6H,8,18H2. The fourth-order valence-corrected chi connectivity index (χ4v) is 2.51. The molecule has 0 saturated carbocycles. The van der Waals surface area contributed by atoms with Crippen LogP contribution in [0.5, 0.6) is 0 Å². The van der Waals surface area contributed by atoms with E-state index in [1.54, 1.807) is 24.3 Å². The van der Waals surface area contributed by atoms with E-state index in [0.29, 0.717) is 21.9 Å². The lowest BCUT2D eigenvalue weighted by molar-refractivity contribution is 0.613. The highest BCUT2D eigenvalue weighted by Gasteiger charge is 2.09. The van der Waals surface area contributed by atoms with E-state index in [2.05, 4.69) is 0 Å². The van der Waals surface area contributed by atoms with E-state index in [4.69, 9.17) is 11.0 Å². The lowest BCUT2D eigenvalue weighted by Gasteiger charge is -2.07. The van der Waals surface area contributed by atoms with Gasteiger partial charge in [0.15, 0.2) is 0 Å². The zero-order valence-corrected chi connectivity index (χ0v) is 10.7. The lowest BCUT2D eigenvalue weighted by Crippen LogP contribution is -1.94. The number of thioether (sulfide) groups is 1. The Hall–Kier alpha value is -2.06. The molecule has 0 aromatic heterocycles. The Bertz CT molecular complexity index is 650. The highest BCUT2D eigenvalue weighted by Crippen LogP contribution is 2.29. The predicted molar refractivity (Wildman–Crippen MR) is 71.5 cm³/mol. The monoisotopic (exact) mass is 276 g/mol. The molecular formula is C14H10F2N2S. The van der Waals surface area contributed by atoms with Crippen LogP contribution in [0.3, 0.4) is 0 Å². The largest absolute Gasteiger partial charge is 0.398 e. The van der Waals surface area contributed by atoms with Crippen molar-refractivity contribution in [3.05, 3.63) is 59.2 Å². The van der Waals surface area contributed by atoms with Crippen molar-refractivity contribution in [2.24, 2.45) is 0 Å². The maximum absolute atomic E-state index is 13.8. The zero-order chi connectivity index (χ0) is 13.8. The summed E-state index contributed by atoms with van der Waals surface area (Å²) in [6, 6.07) is 10.6. The Balaban J connectivity index is 2.17. The molecule has 96 valence electrons. The van der Waals surface area contributed by atoms with Crippen LogP contribution in [0.4, 0.5) is 14.5 Å². The van der Waals surface area contributed by atoms with Gasteiger partial charge in [-0.2, -0.15) is 5.26 Å². The minimum atomic E-state index is -0.516. The molecular weight excluding hydrogens is 266 g/mol. The molecule has 19 heavy (non-hydrogen) atoms. The van der Waals surface area contributed by atoms with E-state index < -0.39 is 11.6 Å². The zero-order valence-electron chi connectivity index (χ0n) is 9.86. The van der Waals surface area contributed by atoms with Crippen LogP contribution in [0, 0.1) is 23.0 Å². The average Bonchev–Trinajstić information content (AvgIpc) is 2.39. The van der Waals surface area contributed by atoms with Gasteiger partial charge in [-0.05, 0) is 29.8 Å². The summed E-state index contributed by atoms with van der Waals surface area (Å²) < 4.78 is 26.7. The maximum atomic E-state index is 13.8. The van der Waals surface area contributed by atoms with Crippen molar-refractivity contribution >= 4 is 17.4 Å². The van der Waals surface area contributed by atoms with Crippen LogP contribution in [0.2, 0.25) is 0 Å². The average molecular weight is 276 g/mol. The number of nitriles is 1. The van der Waals surface area contributed by atoms with Crippen molar-refractivity contribution in [2.45, 2.75) is 10.6 Å². The third-order valence-electron chi connectivity index (χ3n) is 2.55. The van der Waals surface area contributed by atoms with E-state index in [-0.39, 0.29) is 5.56 Å². The Morgan fingerprint density at radius 2 is 2.00 bits per heavy atom. The van der Waals surface area contributed by atoms with Gasteiger partial charge in [-0.25, -0.2) is 8.78 Å². The second kappa shape index (κ2) is 5.72. The first-order valence-corrected chi connectivity index (χ1v) is 6.45. The van der Waals surface area contributed by atoms with Crippen LogP contribution in [0.25, 0.3) is 0 Å². The molecule has 0 atom stereocenters. The summed E-state index contributed by atoms with van der Waals surface area (Å²) in [7, 11) is 0. The number of hydrogen-bond donors (Lipinski definition) is 1. The van der Waals surface area contributed by atoms with E-state index in [9.17, 15) is 8.78 Å². The molecule has 0 saturated heterocycles. The number of rotatable bonds is 3. The van der Waals surface area contributed by atoms with Crippen LogP contribution >= 0.6 is 11.8 Å². The summed E-state index contributed by atoms with van der Waals surface area (Å²) in [5.74, 6) is -0.588. The second-order valence-corrected chi connectivity index (χ2v) is 4.88. The summed E-state index contributed by atoms with van der Waals surface area (Å²) in [4.78, 5) is 0.683. The molecule has 0 bridgehead atoms. The van der Waals surface area contributed by atoms with E-state index >= 15 is 0 Å². The molecule has 0 fully saturated rings. The fraction of sp³-hybridized carbons (Fsp3) is 0.0714. The number of benzene rings is 2. The van der Waals surface area contributed by atoms with Gasteiger partial charge in [0.25, 0.3) is 0 Å². The van der Waals surface area contributed by atoms with Crippen molar-refractivity contribution in [1.82, 2.24) is 0 Å². The summed E-state index contributed by atoms with van der Waals surface area (Å²) >= 11 is 1.30. The van der Waals surface area contributed by atoms with Gasteiger partial charge >= 0.3 is 0 Å². The first-order chi connectivity index (χ1) is 9.11. The van der Waals surface area contributed by atoms with E-state index in [1.807, 2.05) is 0 Å². The van der Waals surface area contributed by atoms with Crippen molar-refractivity contribution in [3.63, 3.8) is 0 Å². The van der Waals surface area contributed by atoms with Crippen LogP contribution in [-0.4, -0.2) is 0 Å². The summed E-state index contributed by atoms with van der Waals surface area (Å²) in [5.41, 5.74) is 6.44.